The van der Waals surface area contributed by atoms with E-state index in [4.69, 9.17) is 10.8 Å². The molecule has 0 saturated heterocycles. The summed E-state index contributed by atoms with van der Waals surface area (Å²) in [5.74, 6) is -1.02. The van der Waals surface area contributed by atoms with Gasteiger partial charge in [-0.2, -0.15) is 0 Å². The van der Waals surface area contributed by atoms with Crippen LogP contribution in [0.3, 0.4) is 0 Å². The summed E-state index contributed by atoms with van der Waals surface area (Å²) < 4.78 is 4.41. The SMILES string of the molecule is Nc1nonc1N=Nc1ccc(O)c(C=Nc2cccc(C(=O)O)c2)c1. The maximum Gasteiger partial charge on any atom is 0.335 e. The number of carboxylic acids is 1. The molecule has 0 aliphatic heterocycles. The average Bonchev–Trinajstić information content (AvgIpc) is 3.05. The largest absolute Gasteiger partial charge is 0.507 e. The van der Waals surface area contributed by atoms with E-state index in [2.05, 4.69) is 30.2 Å². The molecule has 0 fully saturated rings. The molecule has 10 heteroatoms. The highest BCUT2D eigenvalue weighted by atomic mass is 16.6. The van der Waals surface area contributed by atoms with Crippen molar-refractivity contribution >= 4 is 35.2 Å². The van der Waals surface area contributed by atoms with Crippen LogP contribution < -0.4 is 5.73 Å². The summed E-state index contributed by atoms with van der Waals surface area (Å²) in [5.41, 5.74) is 6.80. The number of anilines is 1. The lowest BCUT2D eigenvalue weighted by molar-refractivity contribution is 0.0697. The first-order valence-electron chi connectivity index (χ1n) is 7.23. The predicted molar refractivity (Wildman–Crippen MR) is 91.6 cm³/mol. The number of phenols is 1. The van der Waals surface area contributed by atoms with Crippen molar-refractivity contribution in [3.8, 4) is 5.75 Å². The molecule has 0 saturated carbocycles. The van der Waals surface area contributed by atoms with E-state index in [1.807, 2.05) is 0 Å². The minimum atomic E-state index is -1.05. The van der Waals surface area contributed by atoms with Gasteiger partial charge >= 0.3 is 5.97 Å². The van der Waals surface area contributed by atoms with Crippen LogP contribution in [0.2, 0.25) is 0 Å². The van der Waals surface area contributed by atoms with Gasteiger partial charge in [0.05, 0.1) is 16.9 Å². The van der Waals surface area contributed by atoms with E-state index in [1.54, 1.807) is 12.1 Å². The van der Waals surface area contributed by atoms with Crippen LogP contribution in [-0.2, 0) is 0 Å². The number of aliphatic imine (C=N–C) groups is 1. The van der Waals surface area contributed by atoms with Gasteiger partial charge in [-0.05, 0) is 46.7 Å². The average molecular weight is 352 g/mol. The first kappa shape index (κ1) is 16.8. The summed E-state index contributed by atoms with van der Waals surface area (Å²) in [4.78, 5) is 15.1. The molecule has 3 aromatic rings. The van der Waals surface area contributed by atoms with Crippen LogP contribution in [0.15, 0.2) is 62.3 Å². The van der Waals surface area contributed by atoms with E-state index in [1.165, 1.54) is 36.5 Å². The highest BCUT2D eigenvalue weighted by Crippen LogP contribution is 2.25. The Hall–Kier alpha value is -4.08. The van der Waals surface area contributed by atoms with E-state index in [-0.39, 0.29) is 22.9 Å². The summed E-state index contributed by atoms with van der Waals surface area (Å²) in [7, 11) is 0. The number of phenolic OH excluding ortho intramolecular Hbond substituents is 1. The lowest BCUT2D eigenvalue weighted by Crippen LogP contribution is -1.94. The lowest BCUT2D eigenvalue weighted by atomic mass is 10.2. The number of aromatic carboxylic acids is 1. The zero-order chi connectivity index (χ0) is 18.5. The molecule has 0 unspecified atom stereocenters. The maximum absolute atomic E-state index is 11.0. The zero-order valence-electron chi connectivity index (χ0n) is 13.1. The van der Waals surface area contributed by atoms with Crippen molar-refractivity contribution in [3.05, 3.63) is 53.6 Å². The molecule has 4 N–H and O–H groups in total. The van der Waals surface area contributed by atoms with Gasteiger partial charge in [-0.25, -0.2) is 9.42 Å². The quantitative estimate of drug-likeness (QED) is 0.469. The molecule has 2 aromatic carbocycles. The molecule has 3 rings (SSSR count). The topological polar surface area (TPSA) is 160 Å². The number of aromatic nitrogens is 2. The van der Waals surface area contributed by atoms with E-state index in [0.29, 0.717) is 16.9 Å². The number of carboxylic acid groups (broad SMARTS) is 1. The van der Waals surface area contributed by atoms with Crippen molar-refractivity contribution < 1.29 is 19.6 Å². The molecular weight excluding hydrogens is 340 g/mol. The molecule has 0 bridgehead atoms. The maximum atomic E-state index is 11.0. The molecule has 0 atom stereocenters. The number of azo groups is 1. The summed E-state index contributed by atoms with van der Waals surface area (Å²) in [6, 6.07) is 10.6. The number of benzene rings is 2. The molecule has 1 heterocycles. The van der Waals surface area contributed by atoms with Crippen molar-refractivity contribution in [1.82, 2.24) is 10.3 Å². The molecular formula is C16H12N6O4. The minimum absolute atomic E-state index is 0.00706. The van der Waals surface area contributed by atoms with Gasteiger partial charge in [-0.1, -0.05) is 6.07 Å². The number of nitrogen functional groups attached to an aromatic ring is 1. The number of nitrogens with zero attached hydrogens (tertiary/aromatic N) is 5. The third-order valence-electron chi connectivity index (χ3n) is 3.21. The Morgan fingerprint density at radius 3 is 2.69 bits per heavy atom. The van der Waals surface area contributed by atoms with Gasteiger partial charge in [-0.3, -0.25) is 4.99 Å². The van der Waals surface area contributed by atoms with Gasteiger partial charge in [0, 0.05) is 11.8 Å². The number of hydrogen-bond donors (Lipinski definition) is 3. The predicted octanol–water partition coefficient (Wildman–Crippen LogP) is 3.22. The van der Waals surface area contributed by atoms with Crippen LogP contribution in [0.1, 0.15) is 15.9 Å². The normalized spacial score (nSPS) is 11.4. The monoisotopic (exact) mass is 352 g/mol. The van der Waals surface area contributed by atoms with Gasteiger partial charge < -0.3 is 15.9 Å². The second-order valence-electron chi connectivity index (χ2n) is 5.03. The van der Waals surface area contributed by atoms with Crippen molar-refractivity contribution in [3.63, 3.8) is 0 Å². The van der Waals surface area contributed by atoms with Gasteiger partial charge in [0.1, 0.15) is 5.75 Å². The Morgan fingerprint density at radius 2 is 1.96 bits per heavy atom. The molecule has 1 aromatic heterocycles. The first-order chi connectivity index (χ1) is 12.5. The summed E-state index contributed by atoms with van der Waals surface area (Å²) in [5, 5.41) is 33.5. The molecule has 0 aliphatic carbocycles. The van der Waals surface area contributed by atoms with E-state index >= 15 is 0 Å². The highest BCUT2D eigenvalue weighted by Gasteiger charge is 2.05. The van der Waals surface area contributed by atoms with Crippen LogP contribution in [0.4, 0.5) is 23.0 Å². The van der Waals surface area contributed by atoms with Crippen molar-refractivity contribution in [1.29, 1.82) is 0 Å². The highest BCUT2D eigenvalue weighted by molar-refractivity contribution is 5.90. The Bertz CT molecular complexity index is 1010. The van der Waals surface area contributed by atoms with Crippen molar-refractivity contribution in [2.75, 3.05) is 5.73 Å². The Kier molecular flexibility index (Phi) is 4.65. The zero-order valence-corrected chi connectivity index (χ0v) is 13.1. The fourth-order valence-corrected chi connectivity index (χ4v) is 1.94. The van der Waals surface area contributed by atoms with Gasteiger partial charge in [-0.15, -0.1) is 10.2 Å². The Labute approximate surface area is 146 Å². The molecule has 0 aliphatic rings. The number of carbonyl (C=O) groups is 1. The van der Waals surface area contributed by atoms with Crippen LogP contribution in [0.5, 0.6) is 5.75 Å². The third kappa shape index (κ3) is 3.87. The molecule has 10 nitrogen and oxygen atoms in total. The van der Waals surface area contributed by atoms with Crippen LogP contribution in [-0.4, -0.2) is 32.7 Å². The molecule has 0 radical (unpaired) electrons. The molecule has 130 valence electrons. The summed E-state index contributed by atoms with van der Waals surface area (Å²) in [6.45, 7) is 0. The second kappa shape index (κ2) is 7.21. The van der Waals surface area contributed by atoms with Crippen molar-refractivity contribution in [2.24, 2.45) is 15.2 Å². The van der Waals surface area contributed by atoms with Gasteiger partial charge in [0.25, 0.3) is 5.82 Å². The summed E-state index contributed by atoms with van der Waals surface area (Å²) >= 11 is 0. The number of rotatable bonds is 5. The van der Waals surface area contributed by atoms with E-state index < -0.39 is 5.97 Å². The fraction of sp³-hybridized carbons (Fsp3) is 0. The Balaban J connectivity index is 1.84. The third-order valence-corrected chi connectivity index (χ3v) is 3.21. The van der Waals surface area contributed by atoms with Gasteiger partial charge in [0.2, 0.25) is 5.82 Å². The van der Waals surface area contributed by atoms with Crippen molar-refractivity contribution in [2.45, 2.75) is 0 Å². The van der Waals surface area contributed by atoms with Crippen LogP contribution in [0.25, 0.3) is 0 Å². The van der Waals surface area contributed by atoms with E-state index in [9.17, 15) is 9.90 Å². The second-order valence-corrected chi connectivity index (χ2v) is 5.03. The smallest absolute Gasteiger partial charge is 0.335 e. The minimum Gasteiger partial charge on any atom is -0.507 e. The lowest BCUT2D eigenvalue weighted by Gasteiger charge is -2.00. The molecule has 0 spiro atoms. The Morgan fingerprint density at radius 1 is 1.12 bits per heavy atom. The standard InChI is InChI=1S/C16H12N6O4/c17-14-15(22-26-21-14)20-19-12-4-5-13(23)10(7-12)8-18-11-3-1-2-9(6-11)16(24)25/h1-8,23H,(H2,17,21)(H,24,25). The van der Waals surface area contributed by atoms with Gasteiger partial charge in [0.15, 0.2) is 0 Å². The first-order valence-corrected chi connectivity index (χ1v) is 7.23. The van der Waals surface area contributed by atoms with E-state index in [0.717, 1.165) is 0 Å². The number of aromatic hydroxyl groups is 1. The number of nitrogens with two attached hydrogens (primary N) is 1. The number of hydrogen-bond acceptors (Lipinski definition) is 9. The van der Waals surface area contributed by atoms with Crippen LogP contribution in [0, 0.1) is 0 Å². The molecule has 0 amide bonds. The molecule has 26 heavy (non-hydrogen) atoms. The summed E-state index contributed by atoms with van der Waals surface area (Å²) in [6.07, 6.45) is 1.39. The fourth-order valence-electron chi connectivity index (χ4n) is 1.94. The van der Waals surface area contributed by atoms with Crippen LogP contribution >= 0.6 is 0 Å².